The van der Waals surface area contributed by atoms with Crippen LogP contribution in [0.25, 0.3) is 0 Å². The highest BCUT2D eigenvalue weighted by molar-refractivity contribution is 6.34. The maximum absolute atomic E-state index is 13.8. The van der Waals surface area contributed by atoms with Crippen molar-refractivity contribution in [3.05, 3.63) is 34.1 Å². The Labute approximate surface area is 123 Å². The number of carbonyl (C=O) groups excluding carboxylic acids is 1. The SMILES string of the molecule is COCC1(CNC(=O)c2c(F)ccc(C)c2Cl)CCC1. The lowest BCUT2D eigenvalue weighted by atomic mass is 9.69. The highest BCUT2D eigenvalue weighted by Crippen LogP contribution is 2.40. The van der Waals surface area contributed by atoms with Crippen LogP contribution in [0.3, 0.4) is 0 Å². The Hall–Kier alpha value is -1.13. The van der Waals surface area contributed by atoms with Crippen LogP contribution in [-0.4, -0.2) is 26.2 Å². The van der Waals surface area contributed by atoms with Crippen LogP contribution >= 0.6 is 11.6 Å². The summed E-state index contributed by atoms with van der Waals surface area (Å²) >= 11 is 6.03. The van der Waals surface area contributed by atoms with Crippen LogP contribution in [-0.2, 0) is 4.74 Å². The van der Waals surface area contributed by atoms with E-state index in [1.807, 2.05) is 0 Å². The maximum atomic E-state index is 13.8. The van der Waals surface area contributed by atoms with E-state index in [2.05, 4.69) is 5.32 Å². The van der Waals surface area contributed by atoms with E-state index >= 15 is 0 Å². The van der Waals surface area contributed by atoms with Gasteiger partial charge in [-0.1, -0.05) is 24.1 Å². The van der Waals surface area contributed by atoms with E-state index in [-0.39, 0.29) is 16.0 Å². The molecule has 3 nitrogen and oxygen atoms in total. The molecule has 110 valence electrons. The van der Waals surface area contributed by atoms with Crippen molar-refractivity contribution in [2.24, 2.45) is 5.41 Å². The van der Waals surface area contributed by atoms with Crippen LogP contribution < -0.4 is 5.32 Å². The summed E-state index contributed by atoms with van der Waals surface area (Å²) in [5, 5.41) is 2.97. The van der Waals surface area contributed by atoms with Gasteiger partial charge in [-0.2, -0.15) is 0 Å². The van der Waals surface area contributed by atoms with Crippen molar-refractivity contribution in [2.75, 3.05) is 20.3 Å². The Morgan fingerprint density at radius 1 is 1.50 bits per heavy atom. The van der Waals surface area contributed by atoms with Gasteiger partial charge in [-0.05, 0) is 31.4 Å². The number of hydrogen-bond acceptors (Lipinski definition) is 2. The van der Waals surface area contributed by atoms with Gasteiger partial charge in [-0.3, -0.25) is 4.79 Å². The molecule has 0 atom stereocenters. The van der Waals surface area contributed by atoms with E-state index in [0.29, 0.717) is 18.7 Å². The standard InChI is InChI=1S/C15H19ClFNO2/c1-10-4-5-11(17)12(13(10)16)14(19)18-8-15(9-20-2)6-3-7-15/h4-5H,3,6-9H2,1-2H3,(H,18,19). The molecular formula is C15H19ClFNO2. The molecule has 2 rings (SSSR count). The molecule has 0 aliphatic heterocycles. The molecule has 1 saturated carbocycles. The van der Waals surface area contributed by atoms with Gasteiger partial charge >= 0.3 is 0 Å². The van der Waals surface area contributed by atoms with Crippen LogP contribution in [0.2, 0.25) is 5.02 Å². The van der Waals surface area contributed by atoms with E-state index in [1.54, 1.807) is 20.1 Å². The number of nitrogens with one attached hydrogen (secondary N) is 1. The normalized spacial score (nSPS) is 16.6. The molecule has 0 spiro atoms. The van der Waals surface area contributed by atoms with Crippen LogP contribution in [0.1, 0.15) is 35.2 Å². The number of aryl methyl sites for hydroxylation is 1. The van der Waals surface area contributed by atoms with Gasteiger partial charge in [0.1, 0.15) is 5.82 Å². The molecule has 0 unspecified atom stereocenters. The second kappa shape index (κ2) is 6.10. The molecule has 0 bridgehead atoms. The number of rotatable bonds is 5. The summed E-state index contributed by atoms with van der Waals surface area (Å²) in [5.41, 5.74) is 0.615. The molecular weight excluding hydrogens is 281 g/mol. The zero-order chi connectivity index (χ0) is 14.8. The van der Waals surface area contributed by atoms with E-state index in [0.717, 1.165) is 19.3 Å². The second-order valence-corrected chi connectivity index (χ2v) is 5.90. The monoisotopic (exact) mass is 299 g/mol. The summed E-state index contributed by atoms with van der Waals surface area (Å²) in [6.07, 6.45) is 3.18. The Kier molecular flexibility index (Phi) is 4.66. The average Bonchev–Trinajstić information content (AvgIpc) is 2.37. The van der Waals surface area contributed by atoms with Gasteiger partial charge in [0, 0.05) is 19.1 Å². The van der Waals surface area contributed by atoms with Crippen molar-refractivity contribution >= 4 is 17.5 Å². The number of halogens is 2. The minimum absolute atomic E-state index is 0.00279. The van der Waals surface area contributed by atoms with Crippen molar-refractivity contribution in [3.63, 3.8) is 0 Å². The quantitative estimate of drug-likeness (QED) is 0.905. The van der Waals surface area contributed by atoms with Crippen LogP contribution in [0, 0.1) is 18.2 Å². The molecule has 1 aromatic rings. The minimum Gasteiger partial charge on any atom is -0.384 e. The van der Waals surface area contributed by atoms with Crippen molar-refractivity contribution in [2.45, 2.75) is 26.2 Å². The Balaban J connectivity index is 2.07. The highest BCUT2D eigenvalue weighted by atomic mass is 35.5. The van der Waals surface area contributed by atoms with Gasteiger partial charge in [-0.15, -0.1) is 0 Å². The maximum Gasteiger partial charge on any atom is 0.255 e. The third-order valence-corrected chi connectivity index (χ3v) is 4.49. The lowest BCUT2D eigenvalue weighted by Gasteiger charge is -2.41. The number of ether oxygens (including phenoxy) is 1. The van der Waals surface area contributed by atoms with E-state index in [1.165, 1.54) is 6.07 Å². The van der Waals surface area contributed by atoms with Gasteiger partial charge in [-0.25, -0.2) is 4.39 Å². The summed E-state index contributed by atoms with van der Waals surface area (Å²) in [5.74, 6) is -1.05. The van der Waals surface area contributed by atoms with Crippen LogP contribution in [0.5, 0.6) is 0 Å². The first kappa shape index (κ1) is 15.3. The fourth-order valence-electron chi connectivity index (χ4n) is 2.58. The van der Waals surface area contributed by atoms with Crippen LogP contribution in [0.15, 0.2) is 12.1 Å². The first-order valence-corrected chi connectivity index (χ1v) is 7.09. The number of methoxy groups -OCH3 is 1. The Morgan fingerprint density at radius 3 is 2.75 bits per heavy atom. The average molecular weight is 300 g/mol. The highest BCUT2D eigenvalue weighted by Gasteiger charge is 2.37. The van der Waals surface area contributed by atoms with Crippen molar-refractivity contribution in [3.8, 4) is 0 Å². The molecule has 0 heterocycles. The molecule has 1 aliphatic rings. The predicted octanol–water partition coefficient (Wildman–Crippen LogP) is 3.33. The van der Waals surface area contributed by atoms with Gasteiger partial charge in [0.15, 0.2) is 0 Å². The van der Waals surface area contributed by atoms with E-state index in [9.17, 15) is 9.18 Å². The van der Waals surface area contributed by atoms with Crippen molar-refractivity contribution < 1.29 is 13.9 Å². The lowest BCUT2D eigenvalue weighted by molar-refractivity contribution is 0.0179. The molecule has 0 saturated heterocycles. The van der Waals surface area contributed by atoms with Gasteiger partial charge in [0.05, 0.1) is 17.2 Å². The molecule has 1 aliphatic carbocycles. The minimum atomic E-state index is -0.590. The summed E-state index contributed by atoms with van der Waals surface area (Å²) in [6, 6.07) is 2.83. The number of benzene rings is 1. The van der Waals surface area contributed by atoms with Gasteiger partial charge < -0.3 is 10.1 Å². The molecule has 1 amide bonds. The Bertz CT molecular complexity index is 515. The first-order chi connectivity index (χ1) is 9.49. The van der Waals surface area contributed by atoms with Gasteiger partial charge in [0.2, 0.25) is 0 Å². The van der Waals surface area contributed by atoms with Crippen LogP contribution in [0.4, 0.5) is 4.39 Å². The molecule has 0 radical (unpaired) electrons. The van der Waals surface area contributed by atoms with Gasteiger partial charge in [0.25, 0.3) is 5.91 Å². The lowest BCUT2D eigenvalue weighted by Crippen LogP contribution is -2.45. The topological polar surface area (TPSA) is 38.3 Å². The largest absolute Gasteiger partial charge is 0.384 e. The number of carbonyl (C=O) groups is 1. The third-order valence-electron chi connectivity index (χ3n) is 4.00. The fourth-order valence-corrected chi connectivity index (χ4v) is 2.82. The fraction of sp³-hybridized carbons (Fsp3) is 0.533. The summed E-state index contributed by atoms with van der Waals surface area (Å²) < 4.78 is 19.0. The van der Waals surface area contributed by atoms with E-state index < -0.39 is 11.7 Å². The van der Waals surface area contributed by atoms with Crippen molar-refractivity contribution in [1.29, 1.82) is 0 Å². The molecule has 20 heavy (non-hydrogen) atoms. The number of amides is 1. The second-order valence-electron chi connectivity index (χ2n) is 5.52. The Morgan fingerprint density at radius 2 is 2.20 bits per heavy atom. The summed E-state index contributed by atoms with van der Waals surface area (Å²) in [4.78, 5) is 12.2. The molecule has 5 heteroatoms. The zero-order valence-electron chi connectivity index (χ0n) is 11.8. The molecule has 0 aromatic heterocycles. The summed E-state index contributed by atoms with van der Waals surface area (Å²) in [7, 11) is 1.65. The zero-order valence-corrected chi connectivity index (χ0v) is 12.5. The summed E-state index contributed by atoms with van der Waals surface area (Å²) in [6.45, 7) is 2.84. The predicted molar refractivity (Wildman–Crippen MR) is 76.6 cm³/mol. The molecule has 1 N–H and O–H groups in total. The third kappa shape index (κ3) is 2.96. The number of hydrogen-bond donors (Lipinski definition) is 1. The first-order valence-electron chi connectivity index (χ1n) is 6.71. The molecule has 1 fully saturated rings. The van der Waals surface area contributed by atoms with E-state index in [4.69, 9.17) is 16.3 Å². The van der Waals surface area contributed by atoms with Crippen molar-refractivity contribution in [1.82, 2.24) is 5.32 Å². The smallest absolute Gasteiger partial charge is 0.255 e. The molecule has 1 aromatic carbocycles.